The van der Waals surface area contributed by atoms with Crippen LogP contribution in [0.4, 0.5) is 0 Å². The predicted molar refractivity (Wildman–Crippen MR) is 90.5 cm³/mol. The van der Waals surface area contributed by atoms with E-state index in [1.807, 2.05) is 0 Å². The van der Waals surface area contributed by atoms with Gasteiger partial charge in [-0.05, 0) is 75.3 Å². The molecule has 1 aliphatic heterocycles. The van der Waals surface area contributed by atoms with Gasteiger partial charge in [-0.3, -0.25) is 4.90 Å². The van der Waals surface area contributed by atoms with Gasteiger partial charge in [-0.2, -0.15) is 0 Å². The Kier molecular flexibility index (Phi) is 4.16. The molecule has 5 atom stereocenters. The van der Waals surface area contributed by atoms with Gasteiger partial charge in [-0.25, -0.2) is 0 Å². The molecule has 1 saturated heterocycles. The molecule has 0 spiro atoms. The third-order valence-corrected chi connectivity index (χ3v) is 7.19. The molecular weight excluding hydrogens is 256 g/mol. The molecule has 2 nitrogen and oxygen atoms in total. The van der Waals surface area contributed by atoms with Gasteiger partial charge in [0, 0.05) is 18.1 Å². The Morgan fingerprint density at radius 2 is 1.81 bits per heavy atom. The van der Waals surface area contributed by atoms with Crippen molar-refractivity contribution in [2.24, 2.45) is 16.7 Å². The fourth-order valence-corrected chi connectivity index (χ4v) is 6.13. The highest BCUT2D eigenvalue weighted by Gasteiger charge is 2.60. The van der Waals surface area contributed by atoms with Gasteiger partial charge in [-0.1, -0.05) is 27.7 Å². The minimum atomic E-state index is 0.518. The summed E-state index contributed by atoms with van der Waals surface area (Å²) >= 11 is 0. The quantitative estimate of drug-likeness (QED) is 0.826. The van der Waals surface area contributed by atoms with Crippen LogP contribution < -0.4 is 5.32 Å². The first-order valence-corrected chi connectivity index (χ1v) is 9.37. The van der Waals surface area contributed by atoms with E-state index in [2.05, 4.69) is 44.8 Å². The second-order valence-corrected chi connectivity index (χ2v) is 9.10. The summed E-state index contributed by atoms with van der Waals surface area (Å²) in [6.45, 7) is 15.0. The van der Waals surface area contributed by atoms with Crippen molar-refractivity contribution in [3.05, 3.63) is 0 Å². The molecule has 0 aromatic rings. The monoisotopic (exact) mass is 292 g/mol. The van der Waals surface area contributed by atoms with Gasteiger partial charge in [-0.15, -0.1) is 0 Å². The van der Waals surface area contributed by atoms with Crippen molar-refractivity contribution < 1.29 is 0 Å². The number of fused-ring (bicyclic) bond motifs is 2. The van der Waals surface area contributed by atoms with Gasteiger partial charge in [0.05, 0.1) is 0 Å². The van der Waals surface area contributed by atoms with Crippen LogP contribution in [0.15, 0.2) is 0 Å². The van der Waals surface area contributed by atoms with E-state index in [-0.39, 0.29) is 0 Å². The lowest BCUT2D eigenvalue weighted by molar-refractivity contribution is -0.00412. The fourth-order valence-electron chi connectivity index (χ4n) is 6.13. The Morgan fingerprint density at radius 1 is 1.10 bits per heavy atom. The Balaban J connectivity index is 1.78. The molecule has 5 unspecified atom stereocenters. The summed E-state index contributed by atoms with van der Waals surface area (Å²) < 4.78 is 0. The maximum atomic E-state index is 3.82. The third-order valence-electron chi connectivity index (χ3n) is 7.19. The minimum Gasteiger partial charge on any atom is -0.311 e. The lowest BCUT2D eigenvalue weighted by Crippen LogP contribution is -2.55. The molecule has 1 heterocycles. The van der Waals surface area contributed by atoms with Crippen LogP contribution in [0.1, 0.15) is 73.1 Å². The van der Waals surface area contributed by atoms with Crippen LogP contribution >= 0.6 is 0 Å². The van der Waals surface area contributed by atoms with Crippen molar-refractivity contribution >= 4 is 0 Å². The number of hydrogen-bond acceptors (Lipinski definition) is 2. The summed E-state index contributed by atoms with van der Waals surface area (Å²) in [5, 5.41) is 3.82. The first-order valence-electron chi connectivity index (χ1n) is 9.37. The summed E-state index contributed by atoms with van der Waals surface area (Å²) in [4.78, 5) is 2.90. The van der Waals surface area contributed by atoms with Crippen molar-refractivity contribution in [2.45, 2.75) is 91.3 Å². The molecule has 2 saturated carbocycles. The van der Waals surface area contributed by atoms with Crippen molar-refractivity contribution in [3.8, 4) is 0 Å². The summed E-state index contributed by atoms with van der Waals surface area (Å²) in [6.07, 6.45) is 8.33. The van der Waals surface area contributed by atoms with Gasteiger partial charge in [0.15, 0.2) is 0 Å². The van der Waals surface area contributed by atoms with E-state index in [0.29, 0.717) is 16.9 Å². The zero-order valence-corrected chi connectivity index (χ0v) is 14.9. The van der Waals surface area contributed by atoms with E-state index < -0.39 is 0 Å². The SMILES string of the molecule is CCC1CCN(C2C3(C)CCC(C3)C2(C)C)CCC(C)N1. The number of nitrogens with zero attached hydrogens (tertiary/aromatic N) is 1. The average Bonchev–Trinajstić information content (AvgIpc) is 2.88. The highest BCUT2D eigenvalue weighted by atomic mass is 15.2. The Morgan fingerprint density at radius 3 is 2.43 bits per heavy atom. The first kappa shape index (κ1) is 15.8. The number of rotatable bonds is 2. The van der Waals surface area contributed by atoms with E-state index in [1.165, 1.54) is 51.6 Å². The highest BCUT2D eigenvalue weighted by Crippen LogP contribution is 2.64. The molecule has 0 amide bonds. The molecule has 3 fully saturated rings. The summed E-state index contributed by atoms with van der Waals surface area (Å²) in [5.41, 5.74) is 1.11. The van der Waals surface area contributed by atoms with Crippen molar-refractivity contribution in [3.63, 3.8) is 0 Å². The second kappa shape index (κ2) is 5.53. The largest absolute Gasteiger partial charge is 0.311 e. The van der Waals surface area contributed by atoms with Crippen LogP contribution in [0.2, 0.25) is 0 Å². The number of nitrogens with one attached hydrogen (secondary N) is 1. The lowest BCUT2D eigenvalue weighted by Gasteiger charge is -2.50. The lowest BCUT2D eigenvalue weighted by atomic mass is 9.67. The maximum absolute atomic E-state index is 3.82. The Hall–Kier alpha value is -0.0800. The standard InChI is InChI=1S/C19H36N2/c1-6-16-9-12-21(11-8-14(2)20-16)17-18(3,4)15-7-10-19(17,5)13-15/h14-17,20H,6-13H2,1-5H3. The van der Waals surface area contributed by atoms with E-state index in [4.69, 9.17) is 0 Å². The molecule has 2 aliphatic carbocycles. The predicted octanol–water partition coefficient (Wildman–Crippen LogP) is 4.05. The summed E-state index contributed by atoms with van der Waals surface area (Å²) in [6, 6.07) is 2.20. The van der Waals surface area contributed by atoms with Crippen LogP contribution in [-0.4, -0.2) is 36.1 Å². The topological polar surface area (TPSA) is 15.3 Å². The van der Waals surface area contributed by atoms with E-state index in [9.17, 15) is 0 Å². The maximum Gasteiger partial charge on any atom is 0.0203 e. The van der Waals surface area contributed by atoms with Crippen LogP contribution in [0, 0.1) is 16.7 Å². The molecule has 2 bridgehead atoms. The van der Waals surface area contributed by atoms with E-state index in [1.54, 1.807) is 0 Å². The molecule has 0 radical (unpaired) electrons. The molecule has 0 aromatic carbocycles. The Labute approximate surface area is 132 Å². The summed E-state index contributed by atoms with van der Waals surface area (Å²) in [7, 11) is 0. The number of hydrogen-bond donors (Lipinski definition) is 1. The average molecular weight is 293 g/mol. The van der Waals surface area contributed by atoms with Crippen molar-refractivity contribution in [1.29, 1.82) is 0 Å². The van der Waals surface area contributed by atoms with E-state index >= 15 is 0 Å². The molecule has 122 valence electrons. The normalized spacial score (nSPS) is 47.3. The Bertz CT molecular complexity index is 373. The van der Waals surface area contributed by atoms with Gasteiger partial charge in [0.2, 0.25) is 0 Å². The van der Waals surface area contributed by atoms with Crippen LogP contribution in [0.3, 0.4) is 0 Å². The highest BCUT2D eigenvalue weighted by molar-refractivity contribution is 5.12. The zero-order chi connectivity index (χ0) is 15.3. The zero-order valence-electron chi connectivity index (χ0n) is 14.9. The van der Waals surface area contributed by atoms with Gasteiger partial charge in [0.25, 0.3) is 0 Å². The van der Waals surface area contributed by atoms with Gasteiger partial charge >= 0.3 is 0 Å². The molecular formula is C19H36N2. The molecule has 3 aliphatic rings. The minimum absolute atomic E-state index is 0.518. The van der Waals surface area contributed by atoms with E-state index in [0.717, 1.165) is 18.0 Å². The molecule has 1 N–H and O–H groups in total. The first-order chi connectivity index (χ1) is 9.87. The smallest absolute Gasteiger partial charge is 0.0203 e. The molecule has 21 heavy (non-hydrogen) atoms. The van der Waals surface area contributed by atoms with Gasteiger partial charge < -0.3 is 5.32 Å². The van der Waals surface area contributed by atoms with Crippen LogP contribution in [-0.2, 0) is 0 Å². The van der Waals surface area contributed by atoms with Gasteiger partial charge in [0.1, 0.15) is 0 Å². The molecule has 2 heteroatoms. The molecule has 0 aromatic heterocycles. The van der Waals surface area contributed by atoms with Crippen LogP contribution in [0.25, 0.3) is 0 Å². The van der Waals surface area contributed by atoms with Crippen molar-refractivity contribution in [1.82, 2.24) is 10.2 Å². The fraction of sp³-hybridized carbons (Fsp3) is 1.00. The third kappa shape index (κ3) is 2.67. The molecule has 3 rings (SSSR count). The summed E-state index contributed by atoms with van der Waals surface area (Å²) in [5.74, 6) is 0.968. The van der Waals surface area contributed by atoms with Crippen LogP contribution in [0.5, 0.6) is 0 Å². The second-order valence-electron chi connectivity index (χ2n) is 9.10. The van der Waals surface area contributed by atoms with Crippen molar-refractivity contribution in [2.75, 3.05) is 13.1 Å².